The molecule has 1 aliphatic rings. The van der Waals surface area contributed by atoms with Crippen LogP contribution in [0.25, 0.3) is 17.4 Å². The number of rotatable bonds is 5. The van der Waals surface area contributed by atoms with Gasteiger partial charge in [0.2, 0.25) is 0 Å². The lowest BCUT2D eigenvalue weighted by atomic mass is 10.1. The molecule has 156 valence electrons. The van der Waals surface area contributed by atoms with Gasteiger partial charge in [-0.15, -0.1) is 0 Å². The number of amides is 1. The zero-order valence-corrected chi connectivity index (χ0v) is 17.6. The standard InChI is InChI=1S/C21H14ClN3O5S/c1-29-18-7-5-13(22)10-16(18)23-21-24-20(26)19(31-21)11-15-6-8-17(30-15)12-3-2-4-14(9-12)25(27)28/h2-11H,1H3,(H,23,24,26)/b19-11-. The minimum atomic E-state index is -0.468. The maximum Gasteiger partial charge on any atom is 0.270 e. The molecule has 0 radical (unpaired) electrons. The van der Waals surface area contributed by atoms with Crippen LogP contribution in [0, 0.1) is 10.1 Å². The van der Waals surface area contributed by atoms with Gasteiger partial charge in [0.05, 0.1) is 16.9 Å². The van der Waals surface area contributed by atoms with Crippen molar-refractivity contribution in [3.63, 3.8) is 0 Å². The van der Waals surface area contributed by atoms with E-state index in [1.807, 2.05) is 0 Å². The van der Waals surface area contributed by atoms with E-state index in [0.29, 0.717) is 43.6 Å². The molecular formula is C21H14ClN3O5S. The number of furan rings is 1. The van der Waals surface area contributed by atoms with Gasteiger partial charge in [-0.1, -0.05) is 23.7 Å². The highest BCUT2D eigenvalue weighted by Crippen LogP contribution is 2.34. The second kappa shape index (κ2) is 8.66. The predicted molar refractivity (Wildman–Crippen MR) is 120 cm³/mol. The number of aliphatic imine (C=N–C) groups is 1. The molecule has 0 atom stereocenters. The number of methoxy groups -OCH3 is 1. The number of nitrogens with one attached hydrogen (secondary N) is 1. The van der Waals surface area contributed by atoms with Crippen LogP contribution in [0.2, 0.25) is 5.02 Å². The fraction of sp³-hybridized carbons (Fsp3) is 0.0476. The lowest BCUT2D eigenvalue weighted by Gasteiger charge is -2.04. The summed E-state index contributed by atoms with van der Waals surface area (Å²) in [4.78, 5) is 27.6. The molecule has 0 unspecified atom stereocenters. The summed E-state index contributed by atoms with van der Waals surface area (Å²) < 4.78 is 11.0. The molecular weight excluding hydrogens is 442 g/mol. The van der Waals surface area contributed by atoms with Crippen LogP contribution in [0.1, 0.15) is 5.76 Å². The van der Waals surface area contributed by atoms with E-state index in [1.165, 1.54) is 19.2 Å². The molecule has 0 saturated carbocycles. The second-order valence-corrected chi connectivity index (χ2v) is 7.77. The SMILES string of the molecule is COc1ccc(Cl)cc1N=C1NC(=O)/C(=C/c2ccc(-c3cccc([N+](=O)[O-])c3)o2)S1. The Hall–Kier alpha value is -3.56. The number of nitro groups is 1. The van der Waals surface area contributed by atoms with Gasteiger partial charge < -0.3 is 14.5 Å². The maximum atomic E-state index is 12.3. The molecule has 8 nitrogen and oxygen atoms in total. The highest BCUT2D eigenvalue weighted by Gasteiger charge is 2.25. The second-order valence-electron chi connectivity index (χ2n) is 6.31. The quantitative estimate of drug-likeness (QED) is 0.313. The van der Waals surface area contributed by atoms with Gasteiger partial charge in [-0.2, -0.15) is 0 Å². The summed E-state index contributed by atoms with van der Waals surface area (Å²) in [5.74, 6) is 1.09. The molecule has 1 aromatic heterocycles. The zero-order chi connectivity index (χ0) is 22.0. The molecule has 3 aromatic rings. The first-order valence-electron chi connectivity index (χ1n) is 8.91. The molecule has 1 fully saturated rings. The molecule has 4 rings (SSSR count). The van der Waals surface area contributed by atoms with Gasteiger partial charge in [0, 0.05) is 28.8 Å². The maximum absolute atomic E-state index is 12.3. The third kappa shape index (κ3) is 4.62. The summed E-state index contributed by atoms with van der Waals surface area (Å²) in [5, 5.41) is 14.5. The molecule has 2 aromatic carbocycles. The molecule has 2 heterocycles. The first-order chi connectivity index (χ1) is 14.9. The van der Waals surface area contributed by atoms with E-state index in [2.05, 4.69) is 10.3 Å². The number of ether oxygens (including phenoxy) is 1. The van der Waals surface area contributed by atoms with Crippen LogP contribution in [-0.2, 0) is 4.79 Å². The summed E-state index contributed by atoms with van der Waals surface area (Å²) in [6.07, 6.45) is 1.58. The topological polar surface area (TPSA) is 107 Å². The van der Waals surface area contributed by atoms with Gasteiger partial charge >= 0.3 is 0 Å². The van der Waals surface area contributed by atoms with Gasteiger partial charge in [0.25, 0.3) is 11.6 Å². The number of thioether (sulfide) groups is 1. The van der Waals surface area contributed by atoms with Crippen LogP contribution in [-0.4, -0.2) is 23.1 Å². The summed E-state index contributed by atoms with van der Waals surface area (Å²) in [7, 11) is 1.52. The van der Waals surface area contributed by atoms with E-state index in [1.54, 1.807) is 48.5 Å². The van der Waals surface area contributed by atoms with Crippen LogP contribution >= 0.6 is 23.4 Å². The Morgan fingerprint density at radius 3 is 2.84 bits per heavy atom. The van der Waals surface area contributed by atoms with Crippen molar-refractivity contribution in [2.45, 2.75) is 0 Å². The lowest BCUT2D eigenvalue weighted by molar-refractivity contribution is -0.384. The number of amidine groups is 1. The summed E-state index contributed by atoms with van der Waals surface area (Å²) in [5.41, 5.74) is 1.03. The summed E-state index contributed by atoms with van der Waals surface area (Å²) in [6.45, 7) is 0. The first-order valence-corrected chi connectivity index (χ1v) is 10.1. The van der Waals surface area contributed by atoms with Crippen molar-refractivity contribution in [3.05, 3.63) is 80.4 Å². The number of hydrogen-bond donors (Lipinski definition) is 1. The van der Waals surface area contributed by atoms with Crippen molar-refractivity contribution in [2.75, 3.05) is 7.11 Å². The van der Waals surface area contributed by atoms with E-state index in [0.717, 1.165) is 11.8 Å². The highest BCUT2D eigenvalue weighted by molar-refractivity contribution is 8.18. The summed E-state index contributed by atoms with van der Waals surface area (Å²) in [6, 6.07) is 14.5. The van der Waals surface area contributed by atoms with Crippen LogP contribution in [0.5, 0.6) is 5.75 Å². The third-order valence-electron chi connectivity index (χ3n) is 4.26. The Morgan fingerprint density at radius 1 is 1.23 bits per heavy atom. The van der Waals surface area contributed by atoms with Crippen LogP contribution in [0.3, 0.4) is 0 Å². The van der Waals surface area contributed by atoms with Crippen molar-refractivity contribution in [1.82, 2.24) is 5.32 Å². The third-order valence-corrected chi connectivity index (χ3v) is 5.40. The monoisotopic (exact) mass is 455 g/mol. The van der Waals surface area contributed by atoms with E-state index < -0.39 is 4.92 Å². The molecule has 1 amide bonds. The average Bonchev–Trinajstić information content (AvgIpc) is 3.35. The van der Waals surface area contributed by atoms with Gasteiger partial charge in [-0.3, -0.25) is 14.9 Å². The molecule has 1 saturated heterocycles. The van der Waals surface area contributed by atoms with E-state index in [-0.39, 0.29) is 11.6 Å². The van der Waals surface area contributed by atoms with Crippen molar-refractivity contribution >= 4 is 51.9 Å². The normalized spacial score (nSPS) is 16.0. The zero-order valence-electron chi connectivity index (χ0n) is 16.0. The molecule has 31 heavy (non-hydrogen) atoms. The molecule has 0 aliphatic carbocycles. The minimum absolute atomic E-state index is 0.0307. The smallest absolute Gasteiger partial charge is 0.270 e. The number of halogens is 1. The number of nitrogens with zero attached hydrogens (tertiary/aromatic N) is 2. The fourth-order valence-electron chi connectivity index (χ4n) is 2.83. The van der Waals surface area contributed by atoms with Crippen molar-refractivity contribution in [1.29, 1.82) is 0 Å². The van der Waals surface area contributed by atoms with Crippen LogP contribution in [0.15, 0.2) is 68.9 Å². The van der Waals surface area contributed by atoms with Gasteiger partial charge in [0.15, 0.2) is 5.17 Å². The van der Waals surface area contributed by atoms with Crippen molar-refractivity contribution in [3.8, 4) is 17.1 Å². The highest BCUT2D eigenvalue weighted by atomic mass is 35.5. The Bertz CT molecular complexity index is 1250. The average molecular weight is 456 g/mol. The van der Waals surface area contributed by atoms with Crippen molar-refractivity contribution < 1.29 is 18.9 Å². The lowest BCUT2D eigenvalue weighted by Crippen LogP contribution is -2.19. The number of hydrogen-bond acceptors (Lipinski definition) is 7. The number of non-ortho nitro benzene ring substituents is 1. The van der Waals surface area contributed by atoms with Crippen molar-refractivity contribution in [2.24, 2.45) is 4.99 Å². The Morgan fingerprint density at radius 2 is 2.06 bits per heavy atom. The fourth-order valence-corrected chi connectivity index (χ4v) is 3.81. The Kier molecular flexibility index (Phi) is 5.79. The van der Waals surface area contributed by atoms with E-state index in [4.69, 9.17) is 20.8 Å². The summed E-state index contributed by atoms with van der Waals surface area (Å²) >= 11 is 7.17. The van der Waals surface area contributed by atoms with Gasteiger partial charge in [-0.05, 0) is 42.1 Å². The first kappa shape index (κ1) is 20.7. The molecule has 10 heteroatoms. The van der Waals surface area contributed by atoms with Gasteiger partial charge in [-0.25, -0.2) is 4.99 Å². The molecule has 1 N–H and O–H groups in total. The number of nitro benzene ring substituents is 1. The van der Waals surface area contributed by atoms with Gasteiger partial charge in [0.1, 0.15) is 23.0 Å². The molecule has 0 bridgehead atoms. The molecule has 0 spiro atoms. The Labute approximate surface area is 185 Å². The number of carbonyl (C=O) groups excluding carboxylic acids is 1. The number of benzene rings is 2. The van der Waals surface area contributed by atoms with Crippen LogP contribution < -0.4 is 10.1 Å². The van der Waals surface area contributed by atoms with E-state index in [9.17, 15) is 14.9 Å². The van der Waals surface area contributed by atoms with E-state index >= 15 is 0 Å². The molecule has 1 aliphatic heterocycles. The minimum Gasteiger partial charge on any atom is -0.494 e. The predicted octanol–water partition coefficient (Wildman–Crippen LogP) is 5.41. The van der Waals surface area contributed by atoms with Crippen LogP contribution in [0.4, 0.5) is 11.4 Å². The largest absolute Gasteiger partial charge is 0.494 e. The number of carbonyl (C=O) groups is 1. The Balaban J connectivity index is 1.57.